The lowest BCUT2D eigenvalue weighted by molar-refractivity contribution is -0.156. The van der Waals surface area contributed by atoms with E-state index < -0.39 is 18.0 Å². The smallest absolute Gasteiger partial charge is 0.344 e. The van der Waals surface area contributed by atoms with Crippen molar-refractivity contribution in [2.45, 2.75) is 19.6 Å². The molecule has 1 aromatic heterocycles. The maximum Gasteiger partial charge on any atom is 0.344 e. The van der Waals surface area contributed by atoms with Gasteiger partial charge >= 0.3 is 5.97 Å². The first-order valence-corrected chi connectivity index (χ1v) is 9.38. The fraction of sp³-hybridized carbons (Fsp3) is 0.182. The molecule has 2 aromatic carbocycles. The molecule has 0 fully saturated rings. The number of halogens is 1. The van der Waals surface area contributed by atoms with Crippen molar-refractivity contribution in [3.05, 3.63) is 77.7 Å². The molecule has 6 nitrogen and oxygen atoms in total. The molecule has 29 heavy (non-hydrogen) atoms. The maximum absolute atomic E-state index is 12.0. The summed E-state index contributed by atoms with van der Waals surface area (Å²) in [4.78, 5) is 24.0. The number of hydrogen-bond acceptors (Lipinski definition) is 5. The predicted octanol–water partition coefficient (Wildman–Crippen LogP) is 4.23. The summed E-state index contributed by atoms with van der Waals surface area (Å²) in [5.74, 6) is -0.138. The van der Waals surface area contributed by atoms with E-state index in [2.05, 4.69) is 5.32 Å². The molecule has 1 amide bonds. The number of hydrogen-bond donors (Lipinski definition) is 1. The topological polar surface area (TPSA) is 77.8 Å². The van der Waals surface area contributed by atoms with E-state index in [1.807, 2.05) is 36.4 Å². The minimum absolute atomic E-state index is 0.216. The van der Waals surface area contributed by atoms with Crippen LogP contribution in [-0.2, 0) is 20.9 Å². The van der Waals surface area contributed by atoms with Crippen molar-refractivity contribution in [1.82, 2.24) is 5.32 Å². The van der Waals surface area contributed by atoms with Crippen molar-refractivity contribution in [1.29, 1.82) is 0 Å². The Balaban J connectivity index is 1.48. The normalized spacial score (nSPS) is 11.5. The molecular weight excluding hydrogens is 394 g/mol. The van der Waals surface area contributed by atoms with Crippen LogP contribution in [0.1, 0.15) is 12.7 Å². The van der Waals surface area contributed by atoms with Crippen molar-refractivity contribution >= 4 is 23.5 Å². The van der Waals surface area contributed by atoms with E-state index in [1.54, 1.807) is 24.3 Å². The monoisotopic (exact) mass is 413 g/mol. The van der Waals surface area contributed by atoms with Crippen molar-refractivity contribution in [2.24, 2.45) is 0 Å². The van der Waals surface area contributed by atoms with E-state index >= 15 is 0 Å². The second-order valence-corrected chi connectivity index (χ2v) is 6.64. The highest BCUT2D eigenvalue weighted by Gasteiger charge is 2.18. The van der Waals surface area contributed by atoms with E-state index in [0.717, 1.165) is 11.1 Å². The molecule has 0 saturated carbocycles. The molecule has 0 aliphatic carbocycles. The maximum atomic E-state index is 12.0. The molecule has 1 heterocycles. The van der Waals surface area contributed by atoms with Gasteiger partial charge in [-0.25, -0.2) is 4.79 Å². The van der Waals surface area contributed by atoms with Gasteiger partial charge in [-0.15, -0.1) is 0 Å². The first kappa shape index (κ1) is 20.5. The van der Waals surface area contributed by atoms with Gasteiger partial charge in [0.2, 0.25) is 0 Å². The summed E-state index contributed by atoms with van der Waals surface area (Å²) < 4.78 is 15.6. The zero-order valence-electron chi connectivity index (χ0n) is 15.8. The molecule has 1 atom stereocenters. The number of ether oxygens (including phenoxy) is 2. The molecule has 0 saturated heterocycles. The van der Waals surface area contributed by atoms with E-state index in [9.17, 15) is 9.59 Å². The standard InChI is InChI=1S/C22H20ClNO5/c1-15(22(26)24-13-18-8-5-11-27-18)29-21(25)14-28-20-10-9-17(12-19(20)23)16-6-3-2-4-7-16/h2-12,15H,13-14H2,1H3,(H,24,26)/t15-/m0/s1. The minimum atomic E-state index is -0.961. The van der Waals surface area contributed by atoms with Gasteiger partial charge in [0, 0.05) is 0 Å². The average Bonchev–Trinajstić information content (AvgIpc) is 3.25. The Morgan fingerprint density at radius 1 is 1.07 bits per heavy atom. The van der Waals surface area contributed by atoms with Gasteiger partial charge in [0.05, 0.1) is 17.8 Å². The van der Waals surface area contributed by atoms with Crippen LogP contribution < -0.4 is 10.1 Å². The molecule has 0 unspecified atom stereocenters. The Morgan fingerprint density at radius 3 is 2.55 bits per heavy atom. The SMILES string of the molecule is C[C@H](OC(=O)COc1ccc(-c2ccccc2)cc1Cl)C(=O)NCc1ccco1. The van der Waals surface area contributed by atoms with Gasteiger partial charge in [0.25, 0.3) is 5.91 Å². The van der Waals surface area contributed by atoms with E-state index in [4.69, 9.17) is 25.5 Å². The number of furan rings is 1. The van der Waals surface area contributed by atoms with Gasteiger partial charge in [0.15, 0.2) is 12.7 Å². The summed E-state index contributed by atoms with van der Waals surface area (Å²) >= 11 is 6.26. The van der Waals surface area contributed by atoms with E-state index in [0.29, 0.717) is 16.5 Å². The van der Waals surface area contributed by atoms with Gasteiger partial charge < -0.3 is 19.2 Å². The first-order valence-electron chi connectivity index (χ1n) is 9.00. The zero-order valence-corrected chi connectivity index (χ0v) is 16.5. The summed E-state index contributed by atoms with van der Waals surface area (Å²) in [6, 6.07) is 18.5. The second-order valence-electron chi connectivity index (χ2n) is 6.23. The lowest BCUT2D eigenvalue weighted by atomic mass is 10.1. The molecule has 7 heteroatoms. The number of carbonyl (C=O) groups is 2. The van der Waals surface area contributed by atoms with Crippen molar-refractivity contribution < 1.29 is 23.5 Å². The highest BCUT2D eigenvalue weighted by molar-refractivity contribution is 6.32. The summed E-state index contributed by atoms with van der Waals surface area (Å²) in [5.41, 5.74) is 1.96. The molecule has 150 valence electrons. The van der Waals surface area contributed by atoms with Crippen molar-refractivity contribution in [3.63, 3.8) is 0 Å². The van der Waals surface area contributed by atoms with Crippen molar-refractivity contribution in [2.75, 3.05) is 6.61 Å². The second kappa shape index (κ2) is 9.80. The van der Waals surface area contributed by atoms with Crippen LogP contribution in [0.15, 0.2) is 71.3 Å². The van der Waals surface area contributed by atoms with E-state index in [1.165, 1.54) is 13.2 Å². The Hall–Kier alpha value is -3.25. The molecule has 0 bridgehead atoms. The highest BCUT2D eigenvalue weighted by atomic mass is 35.5. The van der Waals surface area contributed by atoms with Gasteiger partial charge in [0.1, 0.15) is 11.5 Å². The van der Waals surface area contributed by atoms with Crippen LogP contribution in [0.3, 0.4) is 0 Å². The lowest BCUT2D eigenvalue weighted by Gasteiger charge is -2.14. The van der Waals surface area contributed by atoms with Gasteiger partial charge in [-0.1, -0.05) is 48.0 Å². The minimum Gasteiger partial charge on any atom is -0.480 e. The van der Waals surface area contributed by atoms with Crippen LogP contribution in [0.5, 0.6) is 5.75 Å². The summed E-state index contributed by atoms with van der Waals surface area (Å²) in [7, 11) is 0. The number of esters is 1. The van der Waals surface area contributed by atoms with E-state index in [-0.39, 0.29) is 13.2 Å². The van der Waals surface area contributed by atoms with Crippen LogP contribution in [-0.4, -0.2) is 24.6 Å². The Bertz CT molecular complexity index is 957. The number of rotatable bonds is 8. The van der Waals surface area contributed by atoms with Gasteiger partial charge in [-0.2, -0.15) is 0 Å². The van der Waals surface area contributed by atoms with Gasteiger partial charge in [-0.3, -0.25) is 4.79 Å². The largest absolute Gasteiger partial charge is 0.480 e. The zero-order chi connectivity index (χ0) is 20.6. The Labute approximate surface area is 173 Å². The summed E-state index contributed by atoms with van der Waals surface area (Å²) in [6.07, 6.45) is 0.553. The number of carbonyl (C=O) groups excluding carboxylic acids is 2. The van der Waals surface area contributed by atoms with Crippen LogP contribution in [0.25, 0.3) is 11.1 Å². The fourth-order valence-corrected chi connectivity index (χ4v) is 2.82. The number of amides is 1. The lowest BCUT2D eigenvalue weighted by Crippen LogP contribution is -2.36. The molecular formula is C22H20ClNO5. The third-order valence-electron chi connectivity index (χ3n) is 4.08. The third kappa shape index (κ3) is 5.86. The average molecular weight is 414 g/mol. The molecule has 0 spiro atoms. The van der Waals surface area contributed by atoms with Crippen LogP contribution in [0, 0.1) is 0 Å². The van der Waals surface area contributed by atoms with Crippen LogP contribution >= 0.6 is 11.6 Å². The molecule has 0 aliphatic heterocycles. The highest BCUT2D eigenvalue weighted by Crippen LogP contribution is 2.30. The third-order valence-corrected chi connectivity index (χ3v) is 4.37. The number of benzene rings is 2. The fourth-order valence-electron chi connectivity index (χ4n) is 2.58. The van der Waals surface area contributed by atoms with Crippen LogP contribution in [0.2, 0.25) is 5.02 Å². The summed E-state index contributed by atoms with van der Waals surface area (Å²) in [6.45, 7) is 1.34. The van der Waals surface area contributed by atoms with Crippen molar-refractivity contribution in [3.8, 4) is 16.9 Å². The molecule has 1 N–H and O–H groups in total. The Kier molecular flexibility index (Phi) is 6.92. The summed E-state index contributed by atoms with van der Waals surface area (Å²) in [5, 5.41) is 3.00. The predicted molar refractivity (Wildman–Crippen MR) is 108 cm³/mol. The quantitative estimate of drug-likeness (QED) is 0.559. The number of nitrogens with one attached hydrogen (secondary N) is 1. The first-order chi connectivity index (χ1) is 14.0. The molecule has 0 radical (unpaired) electrons. The molecule has 0 aliphatic rings. The Morgan fingerprint density at radius 2 is 1.86 bits per heavy atom. The van der Waals surface area contributed by atoms with Gasteiger partial charge in [-0.05, 0) is 42.3 Å². The van der Waals surface area contributed by atoms with Crippen LogP contribution in [0.4, 0.5) is 0 Å². The molecule has 3 aromatic rings. The molecule has 3 rings (SSSR count).